The number of carbonyl (C=O) groups is 1. The topological polar surface area (TPSA) is 81.1 Å². The van der Waals surface area contributed by atoms with Crippen LogP contribution in [-0.4, -0.2) is 32.2 Å². The molecule has 2 N–H and O–H groups in total. The van der Waals surface area contributed by atoms with Crippen LogP contribution in [0.2, 0.25) is 0 Å². The average Bonchev–Trinajstić information content (AvgIpc) is 3.32. The molecule has 0 bridgehead atoms. The molecule has 3 aromatic carbocycles. The predicted molar refractivity (Wildman–Crippen MR) is 173 cm³/mol. The van der Waals surface area contributed by atoms with Crippen molar-refractivity contribution >= 4 is 29.0 Å². The number of ether oxygens (including phenoxy) is 1. The molecule has 5 aromatic rings. The van der Waals surface area contributed by atoms with E-state index in [1.165, 1.54) is 0 Å². The van der Waals surface area contributed by atoms with Crippen LogP contribution in [-0.2, 0) is 11.3 Å². The van der Waals surface area contributed by atoms with Crippen LogP contribution < -0.4 is 10.6 Å². The number of alkyl carbamates (subject to hydrolysis) is 1. The number of amides is 1. The van der Waals surface area contributed by atoms with Gasteiger partial charge in [0, 0.05) is 45.7 Å². The summed E-state index contributed by atoms with van der Waals surface area (Å²) in [6.45, 7) is 8.53. The Morgan fingerprint density at radius 2 is 1.79 bits per heavy atom. The van der Waals surface area contributed by atoms with Gasteiger partial charge in [-0.2, -0.15) is 0 Å². The summed E-state index contributed by atoms with van der Waals surface area (Å²) in [4.78, 5) is 22.4. The number of carbonyl (C=O) groups excluding carboxylic acids is 1. The summed E-state index contributed by atoms with van der Waals surface area (Å²) in [5, 5.41) is 7.83. The standard InChI is InChI=1S/C36H37N5O2/c1-4-27-23-37-34(38-28-16-13-21-36(3,22-28)40-35(42)43-24-26-14-7-5-8-15-26)39-33(27)32-25(2)41(29-17-9-6-10-18-29)31-20-12-11-19-30(31)32/h4-12,14-15,17-20,23,28H,1,13,16,21-22,24H2,2-3H3,(H,40,42)(H,37,38,39)/t28-,36+/m1/s1. The van der Waals surface area contributed by atoms with Crippen LogP contribution in [0.4, 0.5) is 10.7 Å². The lowest BCUT2D eigenvalue weighted by Crippen LogP contribution is -2.51. The highest BCUT2D eigenvalue weighted by Gasteiger charge is 2.34. The van der Waals surface area contributed by atoms with Gasteiger partial charge in [0.25, 0.3) is 0 Å². The quantitative estimate of drug-likeness (QED) is 0.197. The second-order valence-corrected chi connectivity index (χ2v) is 11.5. The molecule has 0 spiro atoms. The monoisotopic (exact) mass is 571 g/mol. The van der Waals surface area contributed by atoms with Crippen molar-refractivity contribution in [1.29, 1.82) is 0 Å². The fourth-order valence-electron chi connectivity index (χ4n) is 6.30. The summed E-state index contributed by atoms with van der Waals surface area (Å²) in [5.74, 6) is 0.567. The molecule has 1 fully saturated rings. The van der Waals surface area contributed by atoms with Crippen LogP contribution in [0.25, 0.3) is 33.9 Å². The number of anilines is 1. The molecular formula is C36H37N5O2. The molecule has 43 heavy (non-hydrogen) atoms. The number of nitrogens with zero attached hydrogens (tertiary/aromatic N) is 3. The molecule has 1 aliphatic carbocycles. The smallest absolute Gasteiger partial charge is 0.407 e. The predicted octanol–water partition coefficient (Wildman–Crippen LogP) is 8.08. The van der Waals surface area contributed by atoms with Crippen molar-refractivity contribution in [2.45, 2.75) is 57.7 Å². The Morgan fingerprint density at radius 3 is 2.56 bits per heavy atom. The maximum atomic E-state index is 12.7. The molecule has 2 aromatic heterocycles. The van der Waals surface area contributed by atoms with Crippen LogP contribution >= 0.6 is 0 Å². The Balaban J connectivity index is 1.24. The Hall–Kier alpha value is -4.91. The number of nitrogens with one attached hydrogen (secondary N) is 2. The molecule has 2 atom stereocenters. The van der Waals surface area contributed by atoms with Gasteiger partial charge < -0.3 is 19.9 Å². The van der Waals surface area contributed by atoms with E-state index in [1.807, 2.05) is 48.7 Å². The zero-order valence-corrected chi connectivity index (χ0v) is 24.7. The summed E-state index contributed by atoms with van der Waals surface area (Å²) in [6.07, 6.45) is 6.81. The van der Waals surface area contributed by atoms with Crippen LogP contribution in [0.15, 0.2) is 97.7 Å². The molecule has 2 heterocycles. The van der Waals surface area contributed by atoms with Gasteiger partial charge in [-0.05, 0) is 63.3 Å². The van der Waals surface area contributed by atoms with E-state index in [0.717, 1.165) is 70.4 Å². The minimum absolute atomic E-state index is 0.0994. The first-order valence-electron chi connectivity index (χ1n) is 14.8. The molecule has 218 valence electrons. The number of rotatable bonds is 8. The van der Waals surface area contributed by atoms with Gasteiger partial charge in [-0.25, -0.2) is 14.8 Å². The lowest BCUT2D eigenvalue weighted by atomic mass is 9.80. The molecule has 0 unspecified atom stereocenters. The van der Waals surface area contributed by atoms with Crippen LogP contribution in [0.1, 0.15) is 49.4 Å². The minimum Gasteiger partial charge on any atom is -0.445 e. The maximum absolute atomic E-state index is 12.7. The van der Waals surface area contributed by atoms with Crippen molar-refractivity contribution in [3.05, 3.63) is 115 Å². The second-order valence-electron chi connectivity index (χ2n) is 11.5. The van der Waals surface area contributed by atoms with Crippen molar-refractivity contribution in [2.24, 2.45) is 0 Å². The van der Waals surface area contributed by atoms with Gasteiger partial charge in [0.2, 0.25) is 5.95 Å². The number of para-hydroxylation sites is 2. The van der Waals surface area contributed by atoms with Crippen LogP contribution in [0.5, 0.6) is 0 Å². The highest BCUT2D eigenvalue weighted by molar-refractivity contribution is 6.00. The van der Waals surface area contributed by atoms with Crippen LogP contribution in [0.3, 0.4) is 0 Å². The van der Waals surface area contributed by atoms with E-state index in [2.05, 4.69) is 89.1 Å². The Labute approximate surface area is 252 Å². The van der Waals surface area contributed by atoms with Crippen LogP contribution in [0, 0.1) is 6.92 Å². The Morgan fingerprint density at radius 1 is 1.07 bits per heavy atom. The third-order valence-electron chi connectivity index (χ3n) is 8.33. The normalized spacial score (nSPS) is 18.2. The molecule has 1 saturated carbocycles. The minimum atomic E-state index is -0.397. The Bertz CT molecular complexity index is 1750. The van der Waals surface area contributed by atoms with Gasteiger partial charge in [0.1, 0.15) is 6.61 Å². The average molecular weight is 572 g/mol. The third-order valence-corrected chi connectivity index (χ3v) is 8.33. The van der Waals surface area contributed by atoms with Crippen molar-refractivity contribution in [2.75, 3.05) is 5.32 Å². The Kier molecular flexibility index (Phi) is 7.97. The molecule has 1 amide bonds. The summed E-state index contributed by atoms with van der Waals surface area (Å²) in [6, 6.07) is 28.6. The molecule has 1 aliphatic rings. The van der Waals surface area contributed by atoms with E-state index in [0.29, 0.717) is 5.95 Å². The van der Waals surface area contributed by atoms with Crippen molar-refractivity contribution < 1.29 is 9.53 Å². The fraction of sp³-hybridized carbons (Fsp3) is 0.250. The number of hydrogen-bond acceptors (Lipinski definition) is 5. The number of hydrogen-bond donors (Lipinski definition) is 2. The van der Waals surface area contributed by atoms with Gasteiger partial charge in [-0.3, -0.25) is 0 Å². The summed E-state index contributed by atoms with van der Waals surface area (Å²) in [5.41, 5.74) is 6.68. The third kappa shape index (κ3) is 6.02. The van der Waals surface area contributed by atoms with E-state index in [1.54, 1.807) is 0 Å². The number of fused-ring (bicyclic) bond motifs is 1. The van der Waals surface area contributed by atoms with Gasteiger partial charge in [0.05, 0.1) is 11.2 Å². The zero-order chi connectivity index (χ0) is 29.8. The first kappa shape index (κ1) is 28.2. The van der Waals surface area contributed by atoms with E-state index in [4.69, 9.17) is 9.72 Å². The molecule has 0 saturated heterocycles. The van der Waals surface area contributed by atoms with Gasteiger partial charge in [0.15, 0.2) is 0 Å². The molecule has 0 aliphatic heterocycles. The molecule has 7 nitrogen and oxygen atoms in total. The summed E-state index contributed by atoms with van der Waals surface area (Å²) >= 11 is 0. The van der Waals surface area contributed by atoms with Gasteiger partial charge in [-0.15, -0.1) is 0 Å². The van der Waals surface area contributed by atoms with Gasteiger partial charge in [-0.1, -0.05) is 79.4 Å². The fourth-order valence-corrected chi connectivity index (χ4v) is 6.30. The first-order valence-corrected chi connectivity index (χ1v) is 14.8. The number of benzene rings is 3. The molecule has 7 heteroatoms. The number of aromatic nitrogens is 3. The first-order chi connectivity index (χ1) is 20.9. The lowest BCUT2D eigenvalue weighted by molar-refractivity contribution is 0.120. The second kappa shape index (κ2) is 12.1. The van der Waals surface area contributed by atoms with E-state index >= 15 is 0 Å². The summed E-state index contributed by atoms with van der Waals surface area (Å²) in [7, 11) is 0. The van der Waals surface area contributed by atoms with E-state index in [-0.39, 0.29) is 12.6 Å². The van der Waals surface area contributed by atoms with Crippen molar-refractivity contribution in [1.82, 2.24) is 19.9 Å². The van der Waals surface area contributed by atoms with E-state index < -0.39 is 11.6 Å². The highest BCUT2D eigenvalue weighted by Crippen LogP contribution is 2.38. The zero-order valence-electron chi connectivity index (χ0n) is 24.7. The van der Waals surface area contributed by atoms with Crippen molar-refractivity contribution in [3.8, 4) is 16.9 Å². The largest absolute Gasteiger partial charge is 0.445 e. The van der Waals surface area contributed by atoms with Gasteiger partial charge >= 0.3 is 6.09 Å². The van der Waals surface area contributed by atoms with E-state index in [9.17, 15) is 4.79 Å². The SMILES string of the molecule is C=Cc1cnc(N[C@@H]2CCC[C@](C)(NC(=O)OCc3ccccc3)C2)nc1-c1c(C)n(-c2ccccc2)c2ccccc12. The molecule has 0 radical (unpaired) electrons. The molecule has 6 rings (SSSR count). The van der Waals surface area contributed by atoms with Crippen molar-refractivity contribution in [3.63, 3.8) is 0 Å². The maximum Gasteiger partial charge on any atom is 0.407 e. The lowest BCUT2D eigenvalue weighted by Gasteiger charge is -2.38. The highest BCUT2D eigenvalue weighted by atomic mass is 16.5. The molecular weight excluding hydrogens is 534 g/mol. The summed E-state index contributed by atoms with van der Waals surface area (Å²) < 4.78 is 7.79.